The summed E-state index contributed by atoms with van der Waals surface area (Å²) < 4.78 is 2.23. The summed E-state index contributed by atoms with van der Waals surface area (Å²) in [5, 5.41) is 0.306. The van der Waals surface area contributed by atoms with E-state index in [4.69, 9.17) is 35.2 Å². The third kappa shape index (κ3) is 4.42. The monoisotopic (exact) mass is 315 g/mol. The number of halogens is 3. The fourth-order valence-electron chi connectivity index (χ4n) is 2.67. The van der Waals surface area contributed by atoms with Gasteiger partial charge in [0.25, 0.3) is 0 Å². The van der Waals surface area contributed by atoms with Crippen molar-refractivity contribution >= 4 is 35.2 Å². The Hall–Kier alpha value is 0.790. The van der Waals surface area contributed by atoms with Gasteiger partial charge in [-0.15, -0.1) is 15.5 Å². The lowest BCUT2D eigenvalue weighted by Gasteiger charge is -2.44. The van der Waals surface area contributed by atoms with E-state index in [0.717, 1.165) is 23.9 Å². The van der Waals surface area contributed by atoms with Gasteiger partial charge in [-0.3, -0.25) is 0 Å². The van der Waals surface area contributed by atoms with Gasteiger partial charge in [0.05, 0.1) is 31.6 Å². The SMILES string of the molecule is CC(C)(CC[N+](C)(C)C1CCCCC1Cl)N(Cl)Cl. The number of rotatable bonds is 5. The van der Waals surface area contributed by atoms with E-state index >= 15 is 0 Å². The van der Waals surface area contributed by atoms with Crippen molar-refractivity contribution in [1.29, 1.82) is 0 Å². The van der Waals surface area contributed by atoms with E-state index in [1.807, 2.05) is 0 Å². The van der Waals surface area contributed by atoms with Gasteiger partial charge in [-0.2, -0.15) is 0 Å². The lowest BCUT2D eigenvalue weighted by molar-refractivity contribution is -0.916. The molecule has 0 aliphatic heterocycles. The van der Waals surface area contributed by atoms with Crippen LogP contribution in [0, 0.1) is 0 Å². The lowest BCUT2D eigenvalue weighted by atomic mass is 9.91. The van der Waals surface area contributed by atoms with Gasteiger partial charge >= 0.3 is 0 Å². The summed E-state index contributed by atoms with van der Waals surface area (Å²) in [6.07, 6.45) is 5.90. The van der Waals surface area contributed by atoms with Crippen molar-refractivity contribution in [1.82, 2.24) is 3.94 Å². The highest BCUT2D eigenvalue weighted by atomic mass is 35.5. The van der Waals surface area contributed by atoms with Crippen LogP contribution < -0.4 is 0 Å². The van der Waals surface area contributed by atoms with Crippen LogP contribution in [-0.2, 0) is 0 Å². The number of hydrogen-bond donors (Lipinski definition) is 0. The fourth-order valence-corrected chi connectivity index (χ4v) is 3.42. The van der Waals surface area contributed by atoms with Gasteiger partial charge in [-0.05, 0) is 50.2 Å². The Kier molecular flexibility index (Phi) is 6.08. The molecular formula is C13H26Cl3N2+. The number of alkyl halides is 1. The van der Waals surface area contributed by atoms with Crippen molar-refractivity contribution in [3.63, 3.8) is 0 Å². The first-order valence-electron chi connectivity index (χ1n) is 6.75. The molecule has 18 heavy (non-hydrogen) atoms. The molecule has 2 nitrogen and oxygen atoms in total. The van der Waals surface area contributed by atoms with Gasteiger partial charge in [-0.1, -0.05) is 6.42 Å². The van der Waals surface area contributed by atoms with E-state index in [-0.39, 0.29) is 5.54 Å². The van der Waals surface area contributed by atoms with Crippen LogP contribution in [0.3, 0.4) is 0 Å². The molecule has 1 aliphatic rings. The van der Waals surface area contributed by atoms with Crippen LogP contribution in [0.4, 0.5) is 0 Å². The highest BCUT2D eigenvalue weighted by Gasteiger charge is 2.38. The molecule has 0 spiro atoms. The van der Waals surface area contributed by atoms with Crippen molar-refractivity contribution in [2.45, 2.75) is 62.9 Å². The van der Waals surface area contributed by atoms with E-state index in [1.54, 1.807) is 0 Å². The number of nitrogens with zero attached hydrogens (tertiary/aromatic N) is 2. The minimum Gasteiger partial charge on any atom is -0.325 e. The Labute approximate surface area is 127 Å². The van der Waals surface area contributed by atoms with Crippen LogP contribution in [0.1, 0.15) is 46.0 Å². The molecule has 0 aromatic carbocycles. The topological polar surface area (TPSA) is 3.24 Å². The molecule has 2 atom stereocenters. The summed E-state index contributed by atoms with van der Waals surface area (Å²) in [5.74, 6) is 0. The van der Waals surface area contributed by atoms with E-state index in [1.165, 1.54) is 23.2 Å². The van der Waals surface area contributed by atoms with Crippen molar-refractivity contribution in [3.05, 3.63) is 0 Å². The second kappa shape index (κ2) is 6.49. The first-order chi connectivity index (χ1) is 8.17. The first kappa shape index (κ1) is 16.8. The zero-order valence-electron chi connectivity index (χ0n) is 11.9. The molecule has 0 saturated heterocycles. The smallest absolute Gasteiger partial charge is 0.105 e. The summed E-state index contributed by atoms with van der Waals surface area (Å²) in [5.41, 5.74) is -0.199. The summed E-state index contributed by atoms with van der Waals surface area (Å²) in [4.78, 5) is 0. The van der Waals surface area contributed by atoms with Crippen LogP contribution >= 0.6 is 35.2 Å². The first-order valence-corrected chi connectivity index (χ1v) is 7.86. The Morgan fingerprint density at radius 3 is 2.22 bits per heavy atom. The molecule has 0 N–H and O–H groups in total. The van der Waals surface area contributed by atoms with Crippen LogP contribution in [0.5, 0.6) is 0 Å². The molecule has 1 aliphatic carbocycles. The summed E-state index contributed by atoms with van der Waals surface area (Å²) in [6.45, 7) is 5.16. The summed E-state index contributed by atoms with van der Waals surface area (Å²) in [7, 11) is 4.54. The van der Waals surface area contributed by atoms with E-state index in [0.29, 0.717) is 11.4 Å². The minimum absolute atomic E-state index is 0.199. The Morgan fingerprint density at radius 2 is 1.72 bits per heavy atom. The molecule has 2 unspecified atom stereocenters. The molecule has 108 valence electrons. The van der Waals surface area contributed by atoms with Gasteiger partial charge in [0.1, 0.15) is 6.04 Å². The zero-order chi connectivity index (χ0) is 14.0. The standard InChI is InChI=1S/C13H26Cl3N2/c1-13(2,17(15)16)9-10-18(3,4)12-8-6-5-7-11(12)14/h11-12H,5-10H2,1-4H3/q+1. The second-order valence-electron chi connectivity index (χ2n) is 6.67. The maximum Gasteiger partial charge on any atom is 0.105 e. The number of quaternary nitrogens is 1. The third-order valence-corrected chi connectivity index (χ3v) is 5.73. The Morgan fingerprint density at radius 1 is 1.17 bits per heavy atom. The Bertz CT molecular complexity index is 267. The number of hydrogen-bond acceptors (Lipinski definition) is 1. The fraction of sp³-hybridized carbons (Fsp3) is 1.00. The van der Waals surface area contributed by atoms with Crippen molar-refractivity contribution < 1.29 is 4.48 Å². The van der Waals surface area contributed by atoms with Gasteiger partial charge in [-0.25, -0.2) is 0 Å². The van der Waals surface area contributed by atoms with Crippen molar-refractivity contribution in [3.8, 4) is 0 Å². The van der Waals surface area contributed by atoms with E-state index < -0.39 is 0 Å². The van der Waals surface area contributed by atoms with Crippen LogP contribution in [-0.4, -0.2) is 46.0 Å². The van der Waals surface area contributed by atoms with Gasteiger partial charge < -0.3 is 4.48 Å². The van der Waals surface area contributed by atoms with Crippen molar-refractivity contribution in [2.75, 3.05) is 20.6 Å². The van der Waals surface area contributed by atoms with Gasteiger partial charge in [0.15, 0.2) is 0 Å². The molecular weight excluding hydrogens is 291 g/mol. The molecule has 0 bridgehead atoms. The zero-order valence-corrected chi connectivity index (χ0v) is 14.2. The van der Waals surface area contributed by atoms with Crippen LogP contribution in [0.25, 0.3) is 0 Å². The molecule has 0 amide bonds. The van der Waals surface area contributed by atoms with Gasteiger partial charge in [0, 0.05) is 12.8 Å². The summed E-state index contributed by atoms with van der Waals surface area (Å²) >= 11 is 18.3. The lowest BCUT2D eigenvalue weighted by Crippen LogP contribution is -2.56. The van der Waals surface area contributed by atoms with E-state index in [9.17, 15) is 0 Å². The predicted molar refractivity (Wildman–Crippen MR) is 81.1 cm³/mol. The molecule has 0 heterocycles. The van der Waals surface area contributed by atoms with Gasteiger partial charge in [0.2, 0.25) is 0 Å². The molecule has 5 heteroatoms. The normalized spacial score (nSPS) is 26.7. The average Bonchev–Trinajstić information content (AvgIpc) is 2.27. The summed E-state index contributed by atoms with van der Waals surface area (Å²) in [6, 6.07) is 0.551. The quantitative estimate of drug-likeness (QED) is 0.413. The van der Waals surface area contributed by atoms with Crippen LogP contribution in [0.15, 0.2) is 0 Å². The maximum absolute atomic E-state index is 6.50. The molecule has 1 fully saturated rings. The molecule has 0 aromatic heterocycles. The second-order valence-corrected chi connectivity index (χ2v) is 8.08. The minimum atomic E-state index is -0.199. The molecule has 0 aromatic rings. The third-order valence-electron chi connectivity index (χ3n) is 4.30. The van der Waals surface area contributed by atoms with Crippen LogP contribution in [0.2, 0.25) is 0 Å². The van der Waals surface area contributed by atoms with E-state index in [2.05, 4.69) is 27.9 Å². The average molecular weight is 317 g/mol. The Balaban J connectivity index is 2.58. The molecule has 1 saturated carbocycles. The molecule has 0 radical (unpaired) electrons. The molecule has 1 rings (SSSR count). The highest BCUT2D eigenvalue weighted by Crippen LogP contribution is 2.32. The highest BCUT2D eigenvalue weighted by molar-refractivity contribution is 6.34. The predicted octanol–water partition coefficient (Wildman–Crippen LogP) is 4.39. The maximum atomic E-state index is 6.50. The largest absolute Gasteiger partial charge is 0.325 e. The van der Waals surface area contributed by atoms with Crippen molar-refractivity contribution in [2.24, 2.45) is 0 Å².